The summed E-state index contributed by atoms with van der Waals surface area (Å²) >= 11 is 7.70. The number of para-hydroxylation sites is 2. The second-order valence-corrected chi connectivity index (χ2v) is 12.2. The van der Waals surface area contributed by atoms with Crippen molar-refractivity contribution in [3.05, 3.63) is 94.6 Å². The van der Waals surface area contributed by atoms with Crippen LogP contribution in [0.25, 0.3) is 15.3 Å². The van der Waals surface area contributed by atoms with Crippen LogP contribution in [0.5, 0.6) is 0 Å². The molecule has 0 spiro atoms. The van der Waals surface area contributed by atoms with Crippen LogP contribution in [-0.2, 0) is 16.4 Å². The van der Waals surface area contributed by atoms with Gasteiger partial charge in [0.1, 0.15) is 11.3 Å². The van der Waals surface area contributed by atoms with Gasteiger partial charge in [0.25, 0.3) is 15.9 Å². The van der Waals surface area contributed by atoms with Crippen molar-refractivity contribution in [1.29, 1.82) is 0 Å². The third-order valence-electron chi connectivity index (χ3n) is 6.38. The van der Waals surface area contributed by atoms with Crippen molar-refractivity contribution in [2.45, 2.75) is 24.7 Å². The summed E-state index contributed by atoms with van der Waals surface area (Å²) in [4.78, 5) is 17.8. The van der Waals surface area contributed by atoms with Gasteiger partial charge in [-0.25, -0.2) is 13.4 Å². The lowest BCUT2D eigenvalue weighted by molar-refractivity contribution is 0.102. The van der Waals surface area contributed by atoms with Crippen molar-refractivity contribution >= 4 is 60.6 Å². The lowest BCUT2D eigenvalue weighted by Gasteiger charge is -2.30. The Balaban J connectivity index is 1.25. The van der Waals surface area contributed by atoms with Gasteiger partial charge in [0.15, 0.2) is 0 Å². The van der Waals surface area contributed by atoms with Crippen molar-refractivity contribution in [3.63, 3.8) is 0 Å². The fourth-order valence-electron chi connectivity index (χ4n) is 4.57. The summed E-state index contributed by atoms with van der Waals surface area (Å²) in [5, 5.41) is 8.48. The number of aryl methyl sites for hydroxylation is 2. The molecule has 1 aliphatic heterocycles. The first-order valence-corrected chi connectivity index (χ1v) is 14.6. The Labute approximate surface area is 228 Å². The summed E-state index contributed by atoms with van der Waals surface area (Å²) < 4.78 is 30.8. The molecule has 0 fully saturated rings. The lowest BCUT2D eigenvalue weighted by atomic mass is 10.0. The number of aromatic nitrogens is 3. The van der Waals surface area contributed by atoms with Crippen LogP contribution < -0.4 is 9.62 Å². The molecule has 0 atom stereocenters. The number of benzene rings is 3. The molecular formula is C27H22ClN5O3S2. The van der Waals surface area contributed by atoms with Gasteiger partial charge in [0.05, 0.1) is 26.0 Å². The molecular weight excluding hydrogens is 542 g/mol. The van der Waals surface area contributed by atoms with E-state index in [1.165, 1.54) is 39.9 Å². The van der Waals surface area contributed by atoms with E-state index in [0.29, 0.717) is 45.0 Å². The van der Waals surface area contributed by atoms with Crippen molar-refractivity contribution in [3.8, 4) is 5.13 Å². The first-order chi connectivity index (χ1) is 18.3. The van der Waals surface area contributed by atoms with Gasteiger partial charge in [0.2, 0.25) is 5.13 Å². The van der Waals surface area contributed by atoms with E-state index in [2.05, 4.69) is 15.4 Å². The normalized spacial score (nSPS) is 13.5. The number of nitrogens with zero attached hydrogens (tertiary/aromatic N) is 4. The average Bonchev–Trinajstić information content (AvgIpc) is 3.52. The van der Waals surface area contributed by atoms with Gasteiger partial charge >= 0.3 is 0 Å². The quantitative estimate of drug-likeness (QED) is 0.290. The zero-order valence-corrected chi connectivity index (χ0v) is 22.6. The van der Waals surface area contributed by atoms with Crippen LogP contribution in [0.15, 0.2) is 77.7 Å². The molecule has 38 heavy (non-hydrogen) atoms. The molecule has 0 saturated heterocycles. The van der Waals surface area contributed by atoms with Crippen molar-refractivity contribution in [2.75, 3.05) is 16.2 Å². The van der Waals surface area contributed by atoms with E-state index >= 15 is 0 Å². The molecule has 6 rings (SSSR count). The number of anilines is 2. The van der Waals surface area contributed by atoms with Gasteiger partial charge in [-0.1, -0.05) is 47.2 Å². The highest BCUT2D eigenvalue weighted by Gasteiger charge is 2.29. The third-order valence-corrected chi connectivity index (χ3v) is 9.51. The predicted octanol–water partition coefficient (Wildman–Crippen LogP) is 5.84. The number of amides is 1. The lowest BCUT2D eigenvalue weighted by Crippen LogP contribution is -2.35. The van der Waals surface area contributed by atoms with Crippen molar-refractivity contribution in [1.82, 2.24) is 14.8 Å². The predicted molar refractivity (Wildman–Crippen MR) is 150 cm³/mol. The fraction of sp³-hybridized carbons (Fsp3) is 0.148. The number of hydrogen-bond acceptors (Lipinski definition) is 6. The van der Waals surface area contributed by atoms with Crippen LogP contribution in [0.4, 0.5) is 11.5 Å². The van der Waals surface area contributed by atoms with Crippen LogP contribution in [0.3, 0.4) is 0 Å². The van der Waals surface area contributed by atoms with Gasteiger partial charge in [-0.3, -0.25) is 9.10 Å². The SMILES string of the molecule is Cc1cc(NC(=O)c2ccc(S(=O)(=O)N3CCCc4ccccc43)cc2)n(-c2nc3c(Cl)cccc3s2)n1. The Bertz CT molecular complexity index is 1800. The van der Waals surface area contributed by atoms with Crippen LogP contribution in [0.1, 0.15) is 28.0 Å². The average molecular weight is 564 g/mol. The first-order valence-electron chi connectivity index (χ1n) is 12.0. The Morgan fingerprint density at radius 3 is 2.63 bits per heavy atom. The van der Waals surface area contributed by atoms with E-state index in [-0.39, 0.29) is 4.90 Å². The minimum Gasteiger partial charge on any atom is -0.306 e. The molecule has 0 radical (unpaired) electrons. The maximum atomic E-state index is 13.4. The molecule has 3 aromatic carbocycles. The number of fused-ring (bicyclic) bond motifs is 2. The highest BCUT2D eigenvalue weighted by Crippen LogP contribution is 2.33. The molecule has 1 aliphatic rings. The summed E-state index contributed by atoms with van der Waals surface area (Å²) in [5.41, 5.74) is 3.42. The first kappa shape index (κ1) is 24.6. The van der Waals surface area contributed by atoms with Crippen LogP contribution in [-0.4, -0.2) is 35.6 Å². The summed E-state index contributed by atoms with van der Waals surface area (Å²) in [6, 6.07) is 20.8. The van der Waals surface area contributed by atoms with E-state index in [9.17, 15) is 13.2 Å². The van der Waals surface area contributed by atoms with E-state index in [0.717, 1.165) is 23.1 Å². The molecule has 2 aromatic heterocycles. The zero-order valence-electron chi connectivity index (χ0n) is 20.3. The summed E-state index contributed by atoms with van der Waals surface area (Å²) in [7, 11) is -3.76. The Hall–Kier alpha value is -3.73. The molecule has 1 amide bonds. The molecule has 192 valence electrons. The molecule has 11 heteroatoms. The monoisotopic (exact) mass is 563 g/mol. The minimum absolute atomic E-state index is 0.137. The fourth-order valence-corrected chi connectivity index (χ4v) is 7.34. The van der Waals surface area contributed by atoms with E-state index in [1.54, 1.807) is 16.8 Å². The topological polar surface area (TPSA) is 97.2 Å². The number of carbonyl (C=O) groups is 1. The molecule has 0 aliphatic carbocycles. The van der Waals surface area contributed by atoms with Crippen LogP contribution >= 0.6 is 22.9 Å². The molecule has 0 bridgehead atoms. The number of carbonyl (C=O) groups excluding carboxylic acids is 1. The standard InChI is InChI=1S/C27H22ClN5O3S2/c1-17-16-24(33(31-17)27-30-25-21(28)8-4-10-23(25)37-27)29-26(34)19-11-13-20(14-12-19)38(35,36)32-15-5-7-18-6-2-3-9-22(18)32/h2-4,6,8-14,16H,5,7,15H2,1H3,(H,29,34). The second-order valence-electron chi connectivity index (χ2n) is 8.95. The maximum absolute atomic E-state index is 13.4. The molecule has 8 nitrogen and oxygen atoms in total. The molecule has 5 aromatic rings. The van der Waals surface area contributed by atoms with Gasteiger partial charge in [0, 0.05) is 18.2 Å². The van der Waals surface area contributed by atoms with Gasteiger partial charge < -0.3 is 5.32 Å². The van der Waals surface area contributed by atoms with Gasteiger partial charge in [-0.15, -0.1) is 0 Å². The number of rotatable bonds is 5. The molecule has 0 saturated carbocycles. The van der Waals surface area contributed by atoms with Crippen LogP contribution in [0, 0.1) is 6.92 Å². The summed E-state index contributed by atoms with van der Waals surface area (Å²) in [6.45, 7) is 2.24. The van der Waals surface area contributed by atoms with E-state index in [1.807, 2.05) is 43.3 Å². The number of thiazole rings is 1. The molecule has 1 N–H and O–H groups in total. The largest absolute Gasteiger partial charge is 0.306 e. The number of nitrogens with one attached hydrogen (secondary N) is 1. The summed E-state index contributed by atoms with van der Waals surface area (Å²) in [5.74, 6) is 0.0573. The molecule has 3 heterocycles. The Morgan fingerprint density at radius 1 is 1.05 bits per heavy atom. The highest BCUT2D eigenvalue weighted by molar-refractivity contribution is 7.92. The maximum Gasteiger partial charge on any atom is 0.264 e. The minimum atomic E-state index is -3.76. The number of halogens is 1. The van der Waals surface area contributed by atoms with E-state index in [4.69, 9.17) is 11.6 Å². The van der Waals surface area contributed by atoms with E-state index < -0.39 is 15.9 Å². The van der Waals surface area contributed by atoms with Crippen molar-refractivity contribution < 1.29 is 13.2 Å². The van der Waals surface area contributed by atoms with Gasteiger partial charge in [-0.05, 0) is 67.8 Å². The third kappa shape index (κ3) is 4.34. The second kappa shape index (κ2) is 9.54. The number of hydrogen-bond donors (Lipinski definition) is 1. The van der Waals surface area contributed by atoms with Gasteiger partial charge in [-0.2, -0.15) is 9.78 Å². The highest BCUT2D eigenvalue weighted by atomic mass is 35.5. The van der Waals surface area contributed by atoms with Crippen LogP contribution in [0.2, 0.25) is 5.02 Å². The number of sulfonamides is 1. The summed E-state index contributed by atoms with van der Waals surface area (Å²) in [6.07, 6.45) is 1.60. The molecule has 0 unspecified atom stereocenters. The zero-order chi connectivity index (χ0) is 26.4. The smallest absolute Gasteiger partial charge is 0.264 e. The Kier molecular flexibility index (Phi) is 6.17. The Morgan fingerprint density at radius 2 is 1.84 bits per heavy atom. The van der Waals surface area contributed by atoms with Crippen molar-refractivity contribution in [2.24, 2.45) is 0 Å².